The van der Waals surface area contributed by atoms with Gasteiger partial charge in [0.05, 0.1) is 4.90 Å². The Bertz CT molecular complexity index is 840. The summed E-state index contributed by atoms with van der Waals surface area (Å²) in [5.74, 6) is 3.25. The molecule has 0 saturated carbocycles. The van der Waals surface area contributed by atoms with Crippen LogP contribution < -0.4 is 0 Å². The summed E-state index contributed by atoms with van der Waals surface area (Å²) in [5.41, 5.74) is 7.58. The molecule has 3 nitrogen and oxygen atoms in total. The number of unbranched alkanes of at least 4 members (excludes halogenated alkanes) is 2. The molecule has 1 aromatic carbocycles. The van der Waals surface area contributed by atoms with Crippen LogP contribution in [0.4, 0.5) is 0 Å². The van der Waals surface area contributed by atoms with Crippen LogP contribution in [-0.4, -0.2) is 35.4 Å². The van der Waals surface area contributed by atoms with Crippen LogP contribution in [0.1, 0.15) is 24.8 Å². The second-order valence-corrected chi connectivity index (χ2v) is 20.2. The molecule has 0 radical (unpaired) electrons. The summed E-state index contributed by atoms with van der Waals surface area (Å²) < 4.78 is 27.4. The third-order valence-electron chi connectivity index (χ3n) is 3.54. The van der Waals surface area contributed by atoms with E-state index in [1.807, 2.05) is 19.1 Å². The smallest absolute Gasteiger partial charge is 0.225 e. The molecule has 0 unspecified atom stereocenters. The van der Waals surface area contributed by atoms with Crippen LogP contribution in [0.15, 0.2) is 29.2 Å². The van der Waals surface area contributed by atoms with E-state index in [-0.39, 0.29) is 0 Å². The normalized spacial score (nSPS) is 11.8. The SMILES string of the molecule is Cc1ccc(S(=O)(=O)N(C#C[Si](C)(C)C)CCCCC#C[Si](C)(C)C)cc1. The quantitative estimate of drug-likeness (QED) is 0.285. The maximum absolute atomic E-state index is 13.0. The van der Waals surface area contributed by atoms with Crippen molar-refractivity contribution in [3.05, 3.63) is 29.8 Å². The molecule has 0 N–H and O–H groups in total. The first-order valence-electron chi connectivity index (χ1n) is 9.43. The van der Waals surface area contributed by atoms with Gasteiger partial charge in [-0.25, -0.2) is 12.7 Å². The standard InChI is InChI=1S/C21H33NO2SSi2/c1-20-12-14-21(15-13-20)25(23,24)22(17-19-27(5,6)7)16-10-8-9-11-18-26(2,3)4/h12-15H,8-10,16H2,1-7H3. The molecule has 1 aromatic rings. The Kier molecular flexibility index (Phi) is 8.41. The van der Waals surface area contributed by atoms with Gasteiger partial charge in [0.1, 0.15) is 16.1 Å². The summed E-state index contributed by atoms with van der Waals surface area (Å²) in [5, 5.41) is 0. The molecule has 0 saturated heterocycles. The lowest BCUT2D eigenvalue weighted by Crippen LogP contribution is -2.29. The lowest BCUT2D eigenvalue weighted by molar-refractivity contribution is 0.497. The van der Waals surface area contributed by atoms with Crippen molar-refractivity contribution in [1.29, 1.82) is 0 Å². The zero-order chi connectivity index (χ0) is 20.7. The van der Waals surface area contributed by atoms with Crippen molar-refractivity contribution in [3.63, 3.8) is 0 Å². The average Bonchev–Trinajstić information content (AvgIpc) is 2.51. The van der Waals surface area contributed by atoms with Crippen LogP contribution >= 0.6 is 0 Å². The van der Waals surface area contributed by atoms with E-state index in [1.54, 1.807) is 12.1 Å². The number of hydrogen-bond acceptors (Lipinski definition) is 2. The van der Waals surface area contributed by atoms with Gasteiger partial charge in [-0.3, -0.25) is 0 Å². The Hall–Kier alpha value is -1.48. The first kappa shape index (κ1) is 23.6. The average molecular weight is 420 g/mol. The summed E-state index contributed by atoms with van der Waals surface area (Å²) in [7, 11) is -6.62. The lowest BCUT2D eigenvalue weighted by atomic mass is 10.2. The summed E-state index contributed by atoms with van der Waals surface area (Å²) in [6.45, 7) is 15.4. The fourth-order valence-electron chi connectivity index (χ4n) is 2.10. The van der Waals surface area contributed by atoms with Gasteiger partial charge >= 0.3 is 0 Å². The summed E-state index contributed by atoms with van der Waals surface area (Å²) in [6.07, 6.45) is 2.45. The molecule has 0 aliphatic carbocycles. The first-order valence-corrected chi connectivity index (χ1v) is 17.9. The third-order valence-corrected chi connectivity index (χ3v) is 7.05. The van der Waals surface area contributed by atoms with E-state index >= 15 is 0 Å². The van der Waals surface area contributed by atoms with Crippen molar-refractivity contribution >= 4 is 26.2 Å². The van der Waals surface area contributed by atoms with Crippen molar-refractivity contribution in [2.75, 3.05) is 6.54 Å². The molecule has 0 aliphatic heterocycles. The Labute approximate surface area is 168 Å². The molecule has 0 spiro atoms. The topological polar surface area (TPSA) is 37.4 Å². The molecule has 0 amide bonds. The molecule has 0 fully saturated rings. The minimum Gasteiger partial charge on any atom is -0.225 e. The molecule has 1 rings (SSSR count). The highest BCUT2D eigenvalue weighted by atomic mass is 32.2. The molecule has 148 valence electrons. The van der Waals surface area contributed by atoms with Gasteiger partial charge in [-0.2, -0.15) is 0 Å². The molecular weight excluding hydrogens is 386 g/mol. The van der Waals surface area contributed by atoms with E-state index in [4.69, 9.17) is 0 Å². The van der Waals surface area contributed by atoms with Crippen LogP contribution in [-0.2, 0) is 10.0 Å². The predicted octanol–water partition coefficient (Wildman–Crippen LogP) is 4.88. The number of benzene rings is 1. The number of rotatable bonds is 6. The molecule has 0 heterocycles. The van der Waals surface area contributed by atoms with Gasteiger partial charge in [-0.05, 0) is 31.9 Å². The Morgan fingerprint density at radius 1 is 0.889 bits per heavy atom. The monoisotopic (exact) mass is 419 g/mol. The minimum atomic E-state index is -3.60. The van der Waals surface area contributed by atoms with Crippen molar-refractivity contribution in [2.24, 2.45) is 0 Å². The highest BCUT2D eigenvalue weighted by Gasteiger charge is 2.22. The largest absolute Gasteiger partial charge is 0.270 e. The van der Waals surface area contributed by atoms with Gasteiger partial charge in [0.25, 0.3) is 10.0 Å². The van der Waals surface area contributed by atoms with Gasteiger partial charge in [0.2, 0.25) is 0 Å². The summed E-state index contributed by atoms with van der Waals surface area (Å²) in [4.78, 5) is 0.302. The Morgan fingerprint density at radius 2 is 1.44 bits per heavy atom. The fraction of sp³-hybridized carbons (Fsp3) is 0.524. The van der Waals surface area contributed by atoms with Crippen molar-refractivity contribution < 1.29 is 8.42 Å². The van der Waals surface area contributed by atoms with E-state index in [2.05, 4.69) is 62.3 Å². The van der Waals surface area contributed by atoms with E-state index < -0.39 is 26.2 Å². The van der Waals surface area contributed by atoms with Crippen LogP contribution in [0.5, 0.6) is 0 Å². The second-order valence-electron chi connectivity index (χ2n) is 8.89. The van der Waals surface area contributed by atoms with Gasteiger partial charge < -0.3 is 0 Å². The molecule has 6 heteroatoms. The second kappa shape index (κ2) is 9.64. The molecule has 27 heavy (non-hydrogen) atoms. The number of aryl methyl sites for hydroxylation is 1. The Morgan fingerprint density at radius 3 is 1.96 bits per heavy atom. The predicted molar refractivity (Wildman–Crippen MR) is 121 cm³/mol. The first-order chi connectivity index (χ1) is 12.3. The van der Waals surface area contributed by atoms with Crippen LogP contribution in [0.2, 0.25) is 39.3 Å². The van der Waals surface area contributed by atoms with Crippen LogP contribution in [0, 0.1) is 30.0 Å². The Balaban J connectivity index is 2.91. The zero-order valence-electron chi connectivity index (χ0n) is 17.8. The number of hydrogen-bond donors (Lipinski definition) is 0. The number of sulfonamides is 1. The highest BCUT2D eigenvalue weighted by molar-refractivity contribution is 7.89. The highest BCUT2D eigenvalue weighted by Crippen LogP contribution is 2.17. The zero-order valence-corrected chi connectivity index (χ0v) is 20.6. The maximum Gasteiger partial charge on any atom is 0.270 e. The molecule has 0 bridgehead atoms. The molecular formula is C21H33NO2SSi2. The lowest BCUT2D eigenvalue weighted by Gasteiger charge is -2.19. The van der Waals surface area contributed by atoms with E-state index in [0.29, 0.717) is 11.4 Å². The molecule has 0 aliphatic rings. The van der Waals surface area contributed by atoms with Gasteiger partial charge in [-0.1, -0.05) is 57.0 Å². The summed E-state index contributed by atoms with van der Waals surface area (Å²) >= 11 is 0. The van der Waals surface area contributed by atoms with Gasteiger partial charge in [0.15, 0.2) is 0 Å². The summed E-state index contributed by atoms with van der Waals surface area (Å²) in [6, 6.07) is 9.92. The van der Waals surface area contributed by atoms with Crippen molar-refractivity contribution in [2.45, 2.75) is 70.4 Å². The maximum atomic E-state index is 13.0. The van der Waals surface area contributed by atoms with Gasteiger partial charge in [0, 0.05) is 19.0 Å². The van der Waals surface area contributed by atoms with E-state index in [0.717, 1.165) is 24.8 Å². The molecule has 0 aromatic heterocycles. The van der Waals surface area contributed by atoms with Crippen LogP contribution in [0.3, 0.4) is 0 Å². The molecule has 0 atom stereocenters. The van der Waals surface area contributed by atoms with Crippen LogP contribution in [0.25, 0.3) is 0 Å². The minimum absolute atomic E-state index is 0.302. The van der Waals surface area contributed by atoms with E-state index in [1.165, 1.54) is 4.31 Å². The van der Waals surface area contributed by atoms with Crippen molar-refractivity contribution in [1.82, 2.24) is 4.31 Å². The van der Waals surface area contributed by atoms with E-state index in [9.17, 15) is 8.42 Å². The fourth-order valence-corrected chi connectivity index (χ4v) is 4.58. The third kappa shape index (κ3) is 9.33. The van der Waals surface area contributed by atoms with Gasteiger partial charge in [-0.15, -0.1) is 17.0 Å². The number of nitrogens with zero attached hydrogens (tertiary/aromatic N) is 1. The van der Waals surface area contributed by atoms with Crippen molar-refractivity contribution in [3.8, 4) is 23.1 Å².